The Kier molecular flexibility index (Phi) is 4.01. The molecule has 3 nitrogen and oxygen atoms in total. The predicted molar refractivity (Wildman–Crippen MR) is 82.0 cm³/mol. The first kappa shape index (κ1) is 14.2. The van der Waals surface area contributed by atoms with Crippen molar-refractivity contribution < 1.29 is 9.18 Å². The number of nitrogens with one attached hydrogen (secondary N) is 1. The zero-order valence-corrected chi connectivity index (χ0v) is 12.7. The lowest BCUT2D eigenvalue weighted by molar-refractivity contribution is -0.115. The number of rotatable bonds is 3. The van der Waals surface area contributed by atoms with Crippen LogP contribution in [0.25, 0.3) is 0 Å². The molecule has 1 atom stereocenters. The van der Waals surface area contributed by atoms with Crippen molar-refractivity contribution in [3.05, 3.63) is 46.2 Å². The zero-order valence-electron chi connectivity index (χ0n) is 11.9. The lowest BCUT2D eigenvalue weighted by Crippen LogP contribution is -2.14. The van der Waals surface area contributed by atoms with Crippen molar-refractivity contribution in [2.75, 3.05) is 5.32 Å². The lowest BCUT2D eigenvalue weighted by atomic mass is 9.93. The minimum Gasteiger partial charge on any atom is -0.302 e. The number of aromatic nitrogens is 1. The maximum Gasteiger partial charge on any atom is 0.230 e. The molecular formula is C16H17FN2OS. The minimum atomic E-state index is -0.320. The van der Waals surface area contributed by atoms with Gasteiger partial charge in [-0.15, -0.1) is 11.3 Å². The Balaban J connectivity index is 1.65. The number of thiazole rings is 1. The van der Waals surface area contributed by atoms with E-state index in [1.807, 2.05) is 0 Å². The first-order chi connectivity index (χ1) is 10.1. The topological polar surface area (TPSA) is 42.0 Å². The van der Waals surface area contributed by atoms with Crippen LogP contribution in [0.1, 0.15) is 29.5 Å². The van der Waals surface area contributed by atoms with E-state index in [2.05, 4.69) is 17.2 Å². The molecule has 0 spiro atoms. The summed E-state index contributed by atoms with van der Waals surface area (Å²) in [6.45, 7) is 2.24. The lowest BCUT2D eigenvalue weighted by Gasteiger charge is -2.15. The molecule has 1 amide bonds. The van der Waals surface area contributed by atoms with Crippen LogP contribution >= 0.6 is 11.3 Å². The summed E-state index contributed by atoms with van der Waals surface area (Å²) >= 11 is 1.56. The van der Waals surface area contributed by atoms with Gasteiger partial charge in [-0.05, 0) is 42.9 Å². The van der Waals surface area contributed by atoms with E-state index in [-0.39, 0.29) is 18.1 Å². The Morgan fingerprint density at radius 1 is 1.52 bits per heavy atom. The van der Waals surface area contributed by atoms with E-state index < -0.39 is 0 Å². The number of fused-ring (bicyclic) bond motifs is 1. The van der Waals surface area contributed by atoms with Gasteiger partial charge in [0.25, 0.3) is 0 Å². The van der Waals surface area contributed by atoms with Crippen molar-refractivity contribution in [2.24, 2.45) is 5.92 Å². The molecule has 0 fully saturated rings. The van der Waals surface area contributed by atoms with E-state index in [1.165, 1.54) is 17.0 Å². The molecule has 1 N–H and O–H groups in total. The fourth-order valence-electron chi connectivity index (χ4n) is 2.59. The standard InChI is InChI=1S/C16H17FN2OS/c1-10-5-6-13-14(7-10)21-16(18-13)19-15(20)9-11-3-2-4-12(17)8-11/h2-4,8,10H,5-7,9H2,1H3,(H,18,19,20). The number of carbonyl (C=O) groups excluding carboxylic acids is 1. The average molecular weight is 304 g/mol. The molecule has 0 saturated heterocycles. The molecule has 2 aromatic rings. The first-order valence-electron chi connectivity index (χ1n) is 7.13. The number of hydrogen-bond donors (Lipinski definition) is 1. The van der Waals surface area contributed by atoms with E-state index in [0.717, 1.165) is 25.0 Å². The van der Waals surface area contributed by atoms with Gasteiger partial charge in [-0.25, -0.2) is 9.37 Å². The SMILES string of the molecule is CC1CCc2nc(NC(=O)Cc3cccc(F)c3)sc2C1. The number of aryl methyl sites for hydroxylation is 1. The largest absolute Gasteiger partial charge is 0.302 e. The van der Waals surface area contributed by atoms with Gasteiger partial charge >= 0.3 is 0 Å². The molecule has 1 aliphatic carbocycles. The molecular weight excluding hydrogens is 287 g/mol. The Hall–Kier alpha value is -1.75. The summed E-state index contributed by atoms with van der Waals surface area (Å²) in [6, 6.07) is 6.12. The van der Waals surface area contributed by atoms with Crippen molar-refractivity contribution in [1.82, 2.24) is 4.98 Å². The van der Waals surface area contributed by atoms with Crippen LogP contribution in [0.4, 0.5) is 9.52 Å². The second-order valence-corrected chi connectivity index (χ2v) is 6.68. The fourth-order valence-corrected chi connectivity index (χ4v) is 3.78. The van der Waals surface area contributed by atoms with Gasteiger partial charge in [0.1, 0.15) is 5.82 Å². The van der Waals surface area contributed by atoms with E-state index >= 15 is 0 Å². The maximum absolute atomic E-state index is 13.1. The van der Waals surface area contributed by atoms with E-state index in [1.54, 1.807) is 23.5 Å². The van der Waals surface area contributed by atoms with Crippen LogP contribution in [0.2, 0.25) is 0 Å². The Morgan fingerprint density at radius 3 is 3.19 bits per heavy atom. The highest BCUT2D eigenvalue weighted by Crippen LogP contribution is 2.32. The van der Waals surface area contributed by atoms with Crippen molar-refractivity contribution in [3.63, 3.8) is 0 Å². The summed E-state index contributed by atoms with van der Waals surface area (Å²) < 4.78 is 13.1. The second kappa shape index (κ2) is 5.93. The molecule has 0 bridgehead atoms. The van der Waals surface area contributed by atoms with Crippen LogP contribution in [0.3, 0.4) is 0 Å². The van der Waals surface area contributed by atoms with Gasteiger partial charge in [-0.1, -0.05) is 19.1 Å². The molecule has 1 unspecified atom stereocenters. The van der Waals surface area contributed by atoms with Crippen LogP contribution in [-0.2, 0) is 24.1 Å². The number of benzene rings is 1. The Bertz CT molecular complexity index is 668. The monoisotopic (exact) mass is 304 g/mol. The third-order valence-electron chi connectivity index (χ3n) is 3.69. The third kappa shape index (κ3) is 3.47. The molecule has 1 aromatic heterocycles. The molecule has 1 aliphatic rings. The first-order valence-corrected chi connectivity index (χ1v) is 7.94. The van der Waals surface area contributed by atoms with Gasteiger partial charge in [-0.2, -0.15) is 0 Å². The van der Waals surface area contributed by atoms with E-state index in [4.69, 9.17) is 0 Å². The highest BCUT2D eigenvalue weighted by molar-refractivity contribution is 7.15. The fraction of sp³-hybridized carbons (Fsp3) is 0.375. The smallest absolute Gasteiger partial charge is 0.230 e. The number of hydrogen-bond acceptors (Lipinski definition) is 3. The summed E-state index contributed by atoms with van der Waals surface area (Å²) in [7, 11) is 0. The number of amides is 1. The summed E-state index contributed by atoms with van der Waals surface area (Å²) in [4.78, 5) is 17.8. The molecule has 0 aliphatic heterocycles. The van der Waals surface area contributed by atoms with Crippen LogP contribution in [0.5, 0.6) is 0 Å². The van der Waals surface area contributed by atoms with Gasteiger partial charge in [-0.3, -0.25) is 4.79 Å². The van der Waals surface area contributed by atoms with Gasteiger partial charge in [0.15, 0.2) is 5.13 Å². The van der Waals surface area contributed by atoms with Gasteiger partial charge in [0.2, 0.25) is 5.91 Å². The van der Waals surface area contributed by atoms with Crippen molar-refractivity contribution in [1.29, 1.82) is 0 Å². The molecule has 110 valence electrons. The third-order valence-corrected chi connectivity index (χ3v) is 4.72. The average Bonchev–Trinajstić information content (AvgIpc) is 2.79. The number of halogens is 1. The van der Waals surface area contributed by atoms with Crippen LogP contribution < -0.4 is 5.32 Å². The molecule has 1 aromatic carbocycles. The van der Waals surface area contributed by atoms with Crippen molar-refractivity contribution in [2.45, 2.75) is 32.6 Å². The van der Waals surface area contributed by atoms with Gasteiger partial charge in [0, 0.05) is 4.88 Å². The van der Waals surface area contributed by atoms with Crippen molar-refractivity contribution in [3.8, 4) is 0 Å². The van der Waals surface area contributed by atoms with Crippen molar-refractivity contribution >= 4 is 22.4 Å². The van der Waals surface area contributed by atoms with Crippen LogP contribution in [-0.4, -0.2) is 10.9 Å². The quantitative estimate of drug-likeness (QED) is 0.941. The number of carbonyl (C=O) groups is 1. The van der Waals surface area contributed by atoms with Crippen LogP contribution in [0, 0.1) is 11.7 Å². The Labute approximate surface area is 127 Å². The summed E-state index contributed by atoms with van der Waals surface area (Å²) in [6.07, 6.45) is 3.37. The summed E-state index contributed by atoms with van der Waals surface area (Å²) in [5.41, 5.74) is 1.79. The van der Waals surface area contributed by atoms with Crippen LogP contribution in [0.15, 0.2) is 24.3 Å². The molecule has 3 rings (SSSR count). The summed E-state index contributed by atoms with van der Waals surface area (Å²) in [5.74, 6) is 0.215. The highest BCUT2D eigenvalue weighted by atomic mass is 32.1. The zero-order chi connectivity index (χ0) is 14.8. The predicted octanol–water partition coefficient (Wildman–Crippen LogP) is 3.59. The molecule has 5 heteroatoms. The van der Waals surface area contributed by atoms with Gasteiger partial charge < -0.3 is 5.32 Å². The molecule has 0 radical (unpaired) electrons. The molecule has 1 heterocycles. The number of anilines is 1. The maximum atomic E-state index is 13.1. The van der Waals surface area contributed by atoms with E-state index in [9.17, 15) is 9.18 Å². The minimum absolute atomic E-state index is 0.153. The summed E-state index contributed by atoms with van der Waals surface area (Å²) in [5, 5.41) is 3.49. The van der Waals surface area contributed by atoms with E-state index in [0.29, 0.717) is 16.6 Å². The van der Waals surface area contributed by atoms with Gasteiger partial charge in [0.05, 0.1) is 12.1 Å². The molecule has 0 saturated carbocycles. The normalized spacial score (nSPS) is 17.3. The number of nitrogens with zero attached hydrogens (tertiary/aromatic N) is 1. The Morgan fingerprint density at radius 2 is 2.38 bits per heavy atom. The highest BCUT2D eigenvalue weighted by Gasteiger charge is 2.20. The second-order valence-electron chi connectivity index (χ2n) is 5.59. The molecule has 21 heavy (non-hydrogen) atoms.